The number of hydrogen-bond acceptors (Lipinski definition) is 3. The minimum atomic E-state index is -0.139. The SMILES string of the molecule is COc1ccccc1[C@@H](C)NC(=O)Cc1ccc(N2CCCC2=O)cc1. The van der Waals surface area contributed by atoms with Crippen LogP contribution in [0.5, 0.6) is 5.75 Å². The van der Waals surface area contributed by atoms with Gasteiger partial charge in [0.2, 0.25) is 11.8 Å². The second-order valence-electron chi connectivity index (χ2n) is 6.52. The summed E-state index contributed by atoms with van der Waals surface area (Å²) in [4.78, 5) is 26.0. The fourth-order valence-corrected chi connectivity index (χ4v) is 3.29. The van der Waals surface area contributed by atoms with Gasteiger partial charge in [0.15, 0.2) is 0 Å². The molecule has 136 valence electrons. The van der Waals surface area contributed by atoms with Crippen molar-refractivity contribution in [2.45, 2.75) is 32.2 Å². The quantitative estimate of drug-likeness (QED) is 0.868. The molecule has 0 aromatic heterocycles. The van der Waals surface area contributed by atoms with Gasteiger partial charge in [0.1, 0.15) is 5.75 Å². The molecule has 1 aliphatic rings. The van der Waals surface area contributed by atoms with Crippen LogP contribution in [0, 0.1) is 0 Å². The molecule has 2 aromatic rings. The van der Waals surface area contributed by atoms with Crippen LogP contribution >= 0.6 is 0 Å². The third-order valence-corrected chi connectivity index (χ3v) is 4.67. The lowest BCUT2D eigenvalue weighted by atomic mass is 10.1. The number of nitrogens with zero attached hydrogens (tertiary/aromatic N) is 1. The van der Waals surface area contributed by atoms with Gasteiger partial charge in [-0.3, -0.25) is 9.59 Å². The third kappa shape index (κ3) is 4.04. The van der Waals surface area contributed by atoms with Gasteiger partial charge >= 0.3 is 0 Å². The fraction of sp³-hybridized carbons (Fsp3) is 0.333. The standard InChI is InChI=1S/C21H24N2O3/c1-15(18-6-3-4-7-19(18)26-2)22-20(24)14-16-9-11-17(12-10-16)23-13-5-8-21(23)25/h3-4,6-7,9-12,15H,5,8,13-14H2,1-2H3,(H,22,24)/t15-/m1/s1. The minimum Gasteiger partial charge on any atom is -0.496 e. The van der Waals surface area contributed by atoms with Crippen molar-refractivity contribution in [3.63, 3.8) is 0 Å². The van der Waals surface area contributed by atoms with E-state index in [9.17, 15) is 9.59 Å². The third-order valence-electron chi connectivity index (χ3n) is 4.67. The zero-order valence-corrected chi connectivity index (χ0v) is 15.2. The summed E-state index contributed by atoms with van der Waals surface area (Å²) in [6.07, 6.45) is 1.82. The first kappa shape index (κ1) is 18.0. The number of rotatable bonds is 6. The Bertz CT molecular complexity index is 786. The molecule has 0 saturated carbocycles. The second kappa shape index (κ2) is 8.04. The number of nitrogens with one attached hydrogen (secondary N) is 1. The van der Waals surface area contributed by atoms with E-state index in [1.54, 1.807) is 12.0 Å². The predicted molar refractivity (Wildman–Crippen MR) is 101 cm³/mol. The number of anilines is 1. The Labute approximate surface area is 154 Å². The molecule has 0 bridgehead atoms. The zero-order valence-electron chi connectivity index (χ0n) is 15.2. The molecule has 1 fully saturated rings. The van der Waals surface area contributed by atoms with Gasteiger partial charge in [0.25, 0.3) is 0 Å². The number of amides is 2. The second-order valence-corrected chi connectivity index (χ2v) is 6.52. The van der Waals surface area contributed by atoms with Crippen molar-refractivity contribution >= 4 is 17.5 Å². The molecule has 26 heavy (non-hydrogen) atoms. The van der Waals surface area contributed by atoms with Crippen LogP contribution < -0.4 is 15.0 Å². The Kier molecular flexibility index (Phi) is 5.56. The summed E-state index contributed by atoms with van der Waals surface area (Å²) in [5.74, 6) is 0.884. The summed E-state index contributed by atoms with van der Waals surface area (Å²) < 4.78 is 5.35. The first-order chi connectivity index (χ1) is 12.6. The lowest BCUT2D eigenvalue weighted by molar-refractivity contribution is -0.121. The summed E-state index contributed by atoms with van der Waals surface area (Å²) in [7, 11) is 1.63. The highest BCUT2D eigenvalue weighted by Gasteiger charge is 2.21. The lowest BCUT2D eigenvalue weighted by Gasteiger charge is -2.18. The van der Waals surface area contributed by atoms with E-state index in [0.717, 1.165) is 35.5 Å². The first-order valence-electron chi connectivity index (χ1n) is 8.90. The smallest absolute Gasteiger partial charge is 0.227 e. The number of carbonyl (C=O) groups excluding carboxylic acids is 2. The molecule has 3 rings (SSSR count). The Morgan fingerprint density at radius 2 is 1.92 bits per heavy atom. The van der Waals surface area contributed by atoms with Crippen molar-refractivity contribution < 1.29 is 14.3 Å². The van der Waals surface area contributed by atoms with Crippen LogP contribution in [-0.4, -0.2) is 25.5 Å². The van der Waals surface area contributed by atoms with Crippen LogP contribution in [0.25, 0.3) is 0 Å². The number of benzene rings is 2. The molecule has 1 N–H and O–H groups in total. The van der Waals surface area contributed by atoms with Crippen LogP contribution in [0.2, 0.25) is 0 Å². The van der Waals surface area contributed by atoms with Gasteiger partial charge in [-0.05, 0) is 37.1 Å². The average molecular weight is 352 g/mol. The van der Waals surface area contributed by atoms with Gasteiger partial charge in [0.05, 0.1) is 19.6 Å². The van der Waals surface area contributed by atoms with E-state index in [-0.39, 0.29) is 17.9 Å². The Morgan fingerprint density at radius 1 is 1.19 bits per heavy atom. The number of hydrogen-bond donors (Lipinski definition) is 1. The molecule has 0 spiro atoms. The highest BCUT2D eigenvalue weighted by molar-refractivity contribution is 5.95. The molecule has 0 unspecified atom stereocenters. The fourth-order valence-electron chi connectivity index (χ4n) is 3.29. The van der Waals surface area contributed by atoms with E-state index in [1.165, 1.54) is 0 Å². The molecule has 0 radical (unpaired) electrons. The number of carbonyl (C=O) groups is 2. The summed E-state index contributed by atoms with van der Waals surface area (Å²) in [5, 5.41) is 3.01. The monoisotopic (exact) mass is 352 g/mol. The van der Waals surface area contributed by atoms with Crippen molar-refractivity contribution in [1.82, 2.24) is 5.32 Å². The van der Waals surface area contributed by atoms with Crippen molar-refractivity contribution in [2.75, 3.05) is 18.6 Å². The Morgan fingerprint density at radius 3 is 2.58 bits per heavy atom. The minimum absolute atomic E-state index is 0.0478. The van der Waals surface area contributed by atoms with Gasteiger partial charge < -0.3 is 15.0 Å². The molecular weight excluding hydrogens is 328 g/mol. The van der Waals surface area contributed by atoms with Crippen molar-refractivity contribution in [3.8, 4) is 5.75 Å². The Hall–Kier alpha value is -2.82. The molecule has 0 aliphatic carbocycles. The van der Waals surface area contributed by atoms with Crippen molar-refractivity contribution in [1.29, 1.82) is 0 Å². The zero-order chi connectivity index (χ0) is 18.5. The van der Waals surface area contributed by atoms with Gasteiger partial charge in [-0.2, -0.15) is 0 Å². The largest absolute Gasteiger partial charge is 0.496 e. The highest BCUT2D eigenvalue weighted by Crippen LogP contribution is 2.25. The van der Waals surface area contributed by atoms with E-state index in [0.29, 0.717) is 12.8 Å². The van der Waals surface area contributed by atoms with Gasteiger partial charge in [0, 0.05) is 24.2 Å². The molecule has 5 nitrogen and oxygen atoms in total. The van der Waals surface area contributed by atoms with Gasteiger partial charge in [-0.1, -0.05) is 30.3 Å². The van der Waals surface area contributed by atoms with E-state index < -0.39 is 0 Å². The molecule has 1 heterocycles. The number of para-hydroxylation sites is 1. The summed E-state index contributed by atoms with van der Waals surface area (Å²) >= 11 is 0. The summed E-state index contributed by atoms with van der Waals surface area (Å²) in [6.45, 7) is 2.72. The predicted octanol–water partition coefficient (Wildman–Crippen LogP) is 3.24. The van der Waals surface area contributed by atoms with Crippen LogP contribution in [-0.2, 0) is 16.0 Å². The van der Waals surface area contributed by atoms with Crippen molar-refractivity contribution in [3.05, 3.63) is 59.7 Å². The van der Waals surface area contributed by atoms with E-state index >= 15 is 0 Å². The molecular formula is C21H24N2O3. The Balaban J connectivity index is 1.60. The van der Waals surface area contributed by atoms with Gasteiger partial charge in [-0.25, -0.2) is 0 Å². The van der Waals surface area contributed by atoms with Crippen LogP contribution in [0.3, 0.4) is 0 Å². The van der Waals surface area contributed by atoms with Crippen LogP contribution in [0.1, 0.15) is 36.9 Å². The van der Waals surface area contributed by atoms with Crippen LogP contribution in [0.15, 0.2) is 48.5 Å². The topological polar surface area (TPSA) is 58.6 Å². The summed E-state index contributed by atoms with van der Waals surface area (Å²) in [5.41, 5.74) is 2.77. The highest BCUT2D eigenvalue weighted by atomic mass is 16.5. The summed E-state index contributed by atoms with van der Waals surface area (Å²) in [6, 6.07) is 15.2. The van der Waals surface area contributed by atoms with E-state index in [1.807, 2.05) is 55.5 Å². The number of methoxy groups -OCH3 is 1. The molecule has 1 atom stereocenters. The van der Waals surface area contributed by atoms with Gasteiger partial charge in [-0.15, -0.1) is 0 Å². The first-order valence-corrected chi connectivity index (χ1v) is 8.90. The molecule has 2 aromatic carbocycles. The lowest BCUT2D eigenvalue weighted by Crippen LogP contribution is -2.28. The maximum atomic E-state index is 12.4. The molecule has 5 heteroatoms. The van der Waals surface area contributed by atoms with E-state index in [2.05, 4.69) is 5.32 Å². The molecule has 1 aliphatic heterocycles. The van der Waals surface area contributed by atoms with E-state index in [4.69, 9.17) is 4.74 Å². The normalized spacial score (nSPS) is 15.0. The van der Waals surface area contributed by atoms with Crippen LogP contribution in [0.4, 0.5) is 5.69 Å². The molecule has 1 saturated heterocycles. The number of ether oxygens (including phenoxy) is 1. The molecule has 2 amide bonds. The maximum absolute atomic E-state index is 12.4. The van der Waals surface area contributed by atoms with Crippen molar-refractivity contribution in [2.24, 2.45) is 0 Å². The maximum Gasteiger partial charge on any atom is 0.227 e. The average Bonchev–Trinajstić information content (AvgIpc) is 3.08.